The van der Waals surface area contributed by atoms with Crippen molar-refractivity contribution >= 4 is 63.4 Å². The van der Waals surface area contributed by atoms with E-state index in [0.717, 1.165) is 70.9 Å². The Hall–Kier alpha value is -6.76. The standard InChI is InChI=1S/C54H35IN2O/c1-55-50(53-51(42-26-14-16-28-49(42)58-53)56-54(55)36-21-9-4-10-22-36)39-31-44(34-17-5-2-6-18-34)52(45(32-39)35-19-7-3-8-20-35)57-47-27-15-13-25-41(47)46-30-38-29-37-23-11-12-24-40(37)43(38)33-48(46)57/h2-28,30-33H,1,29H2. The number of fused-ring (bicyclic) bond motifs is 9. The minimum absolute atomic E-state index is 0.843. The normalized spacial score (nSPS) is 13.5. The van der Waals surface area contributed by atoms with Crippen molar-refractivity contribution in [2.45, 2.75) is 6.42 Å². The Morgan fingerprint density at radius 3 is 1.81 bits per heavy atom. The van der Waals surface area contributed by atoms with Gasteiger partial charge in [0.2, 0.25) is 0 Å². The summed E-state index contributed by atoms with van der Waals surface area (Å²) >= 11 is -2.43. The second-order valence-corrected chi connectivity index (χ2v) is 19.3. The van der Waals surface area contributed by atoms with Crippen molar-refractivity contribution in [1.29, 1.82) is 0 Å². The second kappa shape index (κ2) is 13.2. The minimum atomic E-state index is -2.43. The summed E-state index contributed by atoms with van der Waals surface area (Å²) in [4.78, 5) is 5.40. The van der Waals surface area contributed by atoms with Gasteiger partial charge in [0.1, 0.15) is 10.9 Å². The molecule has 1 aliphatic carbocycles. The number of aromatic nitrogens is 1. The highest BCUT2D eigenvalue weighted by Gasteiger charge is 2.27. The number of furan rings is 1. The second-order valence-electron chi connectivity index (χ2n) is 15.1. The van der Waals surface area contributed by atoms with Crippen LogP contribution in [0.15, 0.2) is 197 Å². The van der Waals surface area contributed by atoms with Gasteiger partial charge in [0.25, 0.3) is 0 Å². The molecule has 0 unspecified atom stereocenters. The molecule has 0 saturated heterocycles. The molecule has 3 heterocycles. The molecule has 58 heavy (non-hydrogen) atoms. The zero-order valence-electron chi connectivity index (χ0n) is 31.5. The van der Waals surface area contributed by atoms with Crippen LogP contribution in [0.4, 0.5) is 0 Å². The molecule has 0 saturated carbocycles. The van der Waals surface area contributed by atoms with Gasteiger partial charge in [-0.15, -0.1) is 0 Å². The number of nitrogens with zero attached hydrogens (tertiary/aromatic N) is 2. The monoisotopic (exact) mass is 854 g/mol. The lowest BCUT2D eigenvalue weighted by molar-refractivity contribution is 0.573. The first-order chi connectivity index (χ1) is 28.7. The van der Waals surface area contributed by atoms with Gasteiger partial charge < -0.3 is 8.98 Å². The summed E-state index contributed by atoms with van der Waals surface area (Å²) in [6, 6.07) is 68.2. The highest BCUT2D eigenvalue weighted by molar-refractivity contribution is 14.2. The van der Waals surface area contributed by atoms with E-state index in [1.54, 1.807) is 0 Å². The lowest BCUT2D eigenvalue weighted by Gasteiger charge is -2.22. The molecule has 0 amide bonds. The fraction of sp³-hybridized carbons (Fsp3) is 0.0185. The SMILES string of the molecule is C=I1=C(c2ccccc2)N=c2c(oc3ccccc23)=C1c1cc(-c2ccccc2)c(-n2c3ccccc3c3cc4c(cc32)-c2ccccc2C4)c(-c2ccccc2)c1. The van der Waals surface area contributed by atoms with Crippen LogP contribution >= 0.6 is 18.9 Å². The van der Waals surface area contributed by atoms with Gasteiger partial charge in [0, 0.05) is 32.8 Å². The Labute approximate surface area is 341 Å². The van der Waals surface area contributed by atoms with E-state index in [4.69, 9.17) is 13.9 Å². The Morgan fingerprint density at radius 1 is 0.483 bits per heavy atom. The van der Waals surface area contributed by atoms with Crippen LogP contribution in [0.5, 0.6) is 0 Å². The van der Waals surface area contributed by atoms with E-state index < -0.39 is 18.9 Å². The van der Waals surface area contributed by atoms with E-state index in [1.165, 1.54) is 47.6 Å². The fourth-order valence-electron chi connectivity index (χ4n) is 9.19. The third-order valence-electron chi connectivity index (χ3n) is 11.8. The quantitative estimate of drug-likeness (QED) is 0.159. The van der Waals surface area contributed by atoms with Gasteiger partial charge in [-0.05, 0) is 87.8 Å². The molecule has 0 atom stereocenters. The molecule has 8 aromatic carbocycles. The molecule has 0 fully saturated rings. The molecule has 12 rings (SSSR count). The third-order valence-corrected chi connectivity index (χ3v) is 16.3. The summed E-state index contributed by atoms with van der Waals surface area (Å²) in [6.45, 7) is 0. The van der Waals surface area contributed by atoms with Crippen molar-refractivity contribution in [1.82, 2.24) is 4.57 Å². The molecule has 2 aromatic heterocycles. The molecular formula is C54H35IN2O. The third kappa shape index (κ3) is 5.08. The molecule has 274 valence electrons. The van der Waals surface area contributed by atoms with Crippen LogP contribution < -0.4 is 10.8 Å². The maximum atomic E-state index is 6.84. The van der Waals surface area contributed by atoms with Crippen LogP contribution in [0.1, 0.15) is 22.3 Å². The smallest absolute Gasteiger partial charge is 0.167 e. The number of halogens is 1. The number of benzene rings is 8. The van der Waals surface area contributed by atoms with Crippen molar-refractivity contribution in [3.05, 3.63) is 221 Å². The van der Waals surface area contributed by atoms with E-state index >= 15 is 0 Å². The predicted octanol–water partition coefficient (Wildman–Crippen LogP) is 12.3. The summed E-state index contributed by atoms with van der Waals surface area (Å²) < 4.78 is 16.7. The van der Waals surface area contributed by atoms with E-state index in [1.807, 2.05) is 6.07 Å². The molecule has 1 aliphatic heterocycles. The molecular weight excluding hydrogens is 820 g/mol. The highest BCUT2D eigenvalue weighted by atomic mass is 127. The van der Waals surface area contributed by atoms with Gasteiger partial charge in [0.15, 0.2) is 5.42 Å². The van der Waals surface area contributed by atoms with Crippen LogP contribution in [-0.2, 0) is 6.42 Å². The summed E-state index contributed by atoms with van der Waals surface area (Å²) in [5, 5.41) is 4.44. The maximum absolute atomic E-state index is 6.84. The average molecular weight is 855 g/mol. The van der Waals surface area contributed by atoms with E-state index in [2.05, 4.69) is 187 Å². The topological polar surface area (TPSA) is 30.4 Å². The van der Waals surface area contributed by atoms with Crippen molar-refractivity contribution in [2.75, 3.05) is 0 Å². The van der Waals surface area contributed by atoms with E-state index in [9.17, 15) is 0 Å². The zero-order chi connectivity index (χ0) is 38.3. The Kier molecular flexibility index (Phi) is 7.57. The Balaban J connectivity index is 1.25. The summed E-state index contributed by atoms with van der Waals surface area (Å²) in [5.41, 5.74) is 17.5. The molecule has 2 aliphatic rings. The van der Waals surface area contributed by atoms with E-state index in [-0.39, 0.29) is 0 Å². The molecule has 4 heteroatoms. The van der Waals surface area contributed by atoms with Crippen LogP contribution in [0.3, 0.4) is 0 Å². The van der Waals surface area contributed by atoms with Crippen LogP contribution in [0.2, 0.25) is 0 Å². The van der Waals surface area contributed by atoms with Crippen LogP contribution in [0.25, 0.3) is 75.4 Å². The maximum Gasteiger partial charge on any atom is 0.167 e. The summed E-state index contributed by atoms with van der Waals surface area (Å²) in [5.74, 6) is 0. The van der Waals surface area contributed by atoms with Gasteiger partial charge in [-0.2, -0.15) is 0 Å². The molecule has 0 N–H and O–H groups in total. The molecule has 0 spiro atoms. The van der Waals surface area contributed by atoms with Crippen molar-refractivity contribution < 1.29 is 4.42 Å². The molecule has 0 bridgehead atoms. The van der Waals surface area contributed by atoms with Crippen molar-refractivity contribution in [3.63, 3.8) is 0 Å². The van der Waals surface area contributed by atoms with Gasteiger partial charge in [-0.1, -0.05) is 169 Å². The minimum Gasteiger partial charge on any atom is -0.453 e. The average Bonchev–Trinajstić information content (AvgIpc) is 3.95. The number of rotatable bonds is 5. The van der Waals surface area contributed by atoms with Crippen LogP contribution in [-0.4, -0.2) is 12.7 Å². The van der Waals surface area contributed by atoms with Gasteiger partial charge in [-0.25, -0.2) is 4.99 Å². The van der Waals surface area contributed by atoms with Gasteiger partial charge >= 0.3 is 0 Å². The van der Waals surface area contributed by atoms with Crippen molar-refractivity contribution in [3.8, 4) is 39.1 Å². The zero-order valence-corrected chi connectivity index (χ0v) is 33.7. The van der Waals surface area contributed by atoms with Gasteiger partial charge in [0.05, 0.1) is 23.9 Å². The lowest BCUT2D eigenvalue weighted by Crippen LogP contribution is -2.27. The van der Waals surface area contributed by atoms with Gasteiger partial charge in [-0.3, -0.25) is 0 Å². The largest absolute Gasteiger partial charge is 0.453 e. The molecule has 10 aromatic rings. The van der Waals surface area contributed by atoms with Crippen LogP contribution in [0, 0.1) is 0 Å². The molecule has 0 radical (unpaired) electrons. The summed E-state index contributed by atoms with van der Waals surface area (Å²) in [7, 11) is 0. The fourth-order valence-corrected chi connectivity index (χ4v) is 13.4. The number of hydrogen-bond donors (Lipinski definition) is 0. The lowest BCUT2D eigenvalue weighted by atomic mass is 9.92. The number of hydrogen-bond acceptors (Lipinski definition) is 2. The number of para-hydroxylation sites is 2. The van der Waals surface area contributed by atoms with Crippen molar-refractivity contribution in [2.24, 2.45) is 4.99 Å². The highest BCUT2D eigenvalue weighted by Crippen LogP contribution is 2.47. The predicted molar refractivity (Wildman–Crippen MR) is 251 cm³/mol. The summed E-state index contributed by atoms with van der Waals surface area (Å²) in [6.07, 6.45) is 0.952. The molecule has 3 nitrogen and oxygen atoms in total. The van der Waals surface area contributed by atoms with E-state index in [0.29, 0.717) is 0 Å². The first-order valence-electron chi connectivity index (χ1n) is 19.7. The first-order valence-corrected chi connectivity index (χ1v) is 23.3. The Morgan fingerprint density at radius 2 is 1.09 bits per heavy atom. The Bertz CT molecular complexity index is 3470. The first kappa shape index (κ1) is 33.4.